The Bertz CT molecular complexity index is 723. The van der Waals surface area contributed by atoms with Gasteiger partial charge < -0.3 is 16.2 Å². The van der Waals surface area contributed by atoms with Gasteiger partial charge in [-0.3, -0.25) is 4.79 Å². The number of aliphatic carboxylic acids is 1. The molecule has 2 aromatic carbocycles. The summed E-state index contributed by atoms with van der Waals surface area (Å²) in [4.78, 5) is 23.5. The molecule has 21 heavy (non-hydrogen) atoms. The van der Waals surface area contributed by atoms with Gasteiger partial charge >= 0.3 is 5.97 Å². The first-order valence-corrected chi connectivity index (χ1v) is 6.88. The highest BCUT2D eigenvalue weighted by Gasteiger charge is 2.37. The van der Waals surface area contributed by atoms with Crippen LogP contribution in [-0.2, 0) is 4.79 Å². The molecular weight excluding hydrogens is 268 g/mol. The third-order valence-corrected chi connectivity index (χ3v) is 3.81. The van der Waals surface area contributed by atoms with E-state index in [0.717, 1.165) is 23.6 Å². The number of hydrogen-bond acceptors (Lipinski definition) is 3. The second-order valence-corrected chi connectivity index (χ2v) is 5.41. The topological polar surface area (TPSA) is 92.4 Å². The molecule has 1 amide bonds. The molecule has 0 bridgehead atoms. The smallest absolute Gasteiger partial charge is 0.326 e. The zero-order valence-electron chi connectivity index (χ0n) is 11.4. The molecule has 2 aromatic rings. The quantitative estimate of drug-likeness (QED) is 0.749. The van der Waals surface area contributed by atoms with Crippen molar-refractivity contribution >= 4 is 28.3 Å². The second kappa shape index (κ2) is 5.09. The number of carbonyl (C=O) groups is 2. The standard InChI is InChI=1S/C16H16N2O3/c17-13-8-11-4-2-1-3-10(11)7-12(13)15(19)18-14(16(20)21)9-5-6-9/h1-4,7-9,14H,5-6,17H2,(H,18,19)(H,20,21). The van der Waals surface area contributed by atoms with E-state index in [1.165, 1.54) is 0 Å². The molecule has 0 spiro atoms. The van der Waals surface area contributed by atoms with Crippen LogP contribution in [0.2, 0.25) is 0 Å². The summed E-state index contributed by atoms with van der Waals surface area (Å²) >= 11 is 0. The normalized spacial score (nSPS) is 15.6. The van der Waals surface area contributed by atoms with Crippen LogP contribution in [0.4, 0.5) is 5.69 Å². The van der Waals surface area contributed by atoms with Gasteiger partial charge in [-0.1, -0.05) is 24.3 Å². The number of nitrogen functional groups attached to an aromatic ring is 1. The third-order valence-electron chi connectivity index (χ3n) is 3.81. The van der Waals surface area contributed by atoms with Crippen molar-refractivity contribution in [3.63, 3.8) is 0 Å². The van der Waals surface area contributed by atoms with Gasteiger partial charge in [0, 0.05) is 5.69 Å². The Morgan fingerprint density at radius 1 is 1.19 bits per heavy atom. The number of anilines is 1. The number of benzene rings is 2. The lowest BCUT2D eigenvalue weighted by molar-refractivity contribution is -0.139. The van der Waals surface area contributed by atoms with E-state index in [0.29, 0.717) is 11.3 Å². The molecule has 0 aliphatic heterocycles. The van der Waals surface area contributed by atoms with Gasteiger partial charge in [-0.2, -0.15) is 0 Å². The van der Waals surface area contributed by atoms with Crippen LogP contribution in [0.15, 0.2) is 36.4 Å². The van der Waals surface area contributed by atoms with E-state index in [1.54, 1.807) is 12.1 Å². The first-order chi connectivity index (χ1) is 10.1. The minimum absolute atomic E-state index is 0.0353. The second-order valence-electron chi connectivity index (χ2n) is 5.41. The van der Waals surface area contributed by atoms with Crippen LogP contribution >= 0.6 is 0 Å². The fourth-order valence-corrected chi connectivity index (χ4v) is 2.48. The summed E-state index contributed by atoms with van der Waals surface area (Å²) in [5.74, 6) is -1.39. The van der Waals surface area contributed by atoms with Gasteiger partial charge in [-0.05, 0) is 41.7 Å². The predicted octanol–water partition coefficient (Wildman–Crippen LogP) is 2.02. The Morgan fingerprint density at radius 2 is 1.81 bits per heavy atom. The van der Waals surface area contributed by atoms with Crippen molar-refractivity contribution in [2.45, 2.75) is 18.9 Å². The van der Waals surface area contributed by atoms with Gasteiger partial charge in [0.05, 0.1) is 5.56 Å². The zero-order chi connectivity index (χ0) is 15.0. The maximum Gasteiger partial charge on any atom is 0.326 e. The van der Waals surface area contributed by atoms with Crippen LogP contribution in [0.5, 0.6) is 0 Å². The first kappa shape index (κ1) is 13.4. The van der Waals surface area contributed by atoms with E-state index in [-0.39, 0.29) is 5.92 Å². The highest BCUT2D eigenvalue weighted by Crippen LogP contribution is 2.33. The number of hydrogen-bond donors (Lipinski definition) is 3. The van der Waals surface area contributed by atoms with E-state index < -0.39 is 17.9 Å². The fraction of sp³-hybridized carbons (Fsp3) is 0.250. The molecule has 1 saturated carbocycles. The third kappa shape index (κ3) is 2.67. The lowest BCUT2D eigenvalue weighted by Crippen LogP contribution is -2.42. The molecule has 108 valence electrons. The molecule has 0 saturated heterocycles. The summed E-state index contributed by atoms with van der Waals surface area (Å²) in [7, 11) is 0. The van der Waals surface area contributed by atoms with Crippen molar-refractivity contribution in [3.05, 3.63) is 42.0 Å². The van der Waals surface area contributed by atoms with Crippen LogP contribution in [0.25, 0.3) is 10.8 Å². The minimum Gasteiger partial charge on any atom is -0.480 e. The summed E-state index contributed by atoms with van der Waals surface area (Å²) in [5.41, 5.74) is 6.60. The maximum absolute atomic E-state index is 12.3. The van der Waals surface area contributed by atoms with Gasteiger partial charge in [-0.25, -0.2) is 4.79 Å². The Balaban J connectivity index is 1.90. The fourth-order valence-electron chi connectivity index (χ4n) is 2.48. The van der Waals surface area contributed by atoms with Gasteiger partial charge in [0.1, 0.15) is 6.04 Å². The molecule has 1 atom stereocenters. The summed E-state index contributed by atoms with van der Waals surface area (Å²) in [6, 6.07) is 10.2. The molecule has 4 N–H and O–H groups in total. The Hall–Kier alpha value is -2.56. The minimum atomic E-state index is -0.995. The van der Waals surface area contributed by atoms with Crippen LogP contribution in [0, 0.1) is 5.92 Å². The zero-order valence-corrected chi connectivity index (χ0v) is 11.4. The van der Waals surface area contributed by atoms with Crippen molar-refractivity contribution in [1.29, 1.82) is 0 Å². The van der Waals surface area contributed by atoms with E-state index in [4.69, 9.17) is 5.73 Å². The Labute approximate surface area is 121 Å². The molecule has 0 aromatic heterocycles. The average Bonchev–Trinajstić information content (AvgIpc) is 3.27. The molecule has 1 aliphatic carbocycles. The summed E-state index contributed by atoms with van der Waals surface area (Å²) in [6.45, 7) is 0. The summed E-state index contributed by atoms with van der Waals surface area (Å²) in [5, 5.41) is 13.6. The molecule has 1 unspecified atom stereocenters. The van der Waals surface area contributed by atoms with Gasteiger partial charge in [-0.15, -0.1) is 0 Å². The largest absolute Gasteiger partial charge is 0.480 e. The highest BCUT2D eigenvalue weighted by atomic mass is 16.4. The molecule has 5 nitrogen and oxygen atoms in total. The summed E-state index contributed by atoms with van der Waals surface area (Å²) in [6.07, 6.45) is 1.68. The lowest BCUT2D eigenvalue weighted by atomic mass is 10.0. The number of rotatable bonds is 4. The number of carboxylic acids is 1. The van der Waals surface area contributed by atoms with Crippen LogP contribution < -0.4 is 11.1 Å². The molecule has 0 radical (unpaired) electrons. The number of amides is 1. The summed E-state index contributed by atoms with van der Waals surface area (Å²) < 4.78 is 0. The number of nitrogens with two attached hydrogens (primary N) is 1. The maximum atomic E-state index is 12.3. The van der Waals surface area contributed by atoms with E-state index >= 15 is 0 Å². The van der Waals surface area contributed by atoms with Crippen molar-refractivity contribution in [2.75, 3.05) is 5.73 Å². The first-order valence-electron chi connectivity index (χ1n) is 6.88. The lowest BCUT2D eigenvalue weighted by Gasteiger charge is -2.15. The van der Waals surface area contributed by atoms with Crippen LogP contribution in [-0.4, -0.2) is 23.0 Å². The van der Waals surface area contributed by atoms with Gasteiger partial charge in [0.2, 0.25) is 0 Å². The van der Waals surface area contributed by atoms with E-state index in [2.05, 4.69) is 5.32 Å². The SMILES string of the molecule is Nc1cc2ccccc2cc1C(=O)NC(C(=O)O)C1CC1. The number of carboxylic acid groups (broad SMARTS) is 1. The molecule has 0 heterocycles. The van der Waals surface area contributed by atoms with Crippen molar-refractivity contribution in [3.8, 4) is 0 Å². The molecular formula is C16H16N2O3. The molecule has 5 heteroatoms. The van der Waals surface area contributed by atoms with Crippen molar-refractivity contribution in [1.82, 2.24) is 5.32 Å². The monoisotopic (exact) mass is 284 g/mol. The molecule has 3 rings (SSSR count). The van der Waals surface area contributed by atoms with Crippen molar-refractivity contribution in [2.24, 2.45) is 5.92 Å². The number of carbonyl (C=O) groups excluding carboxylic acids is 1. The number of fused-ring (bicyclic) bond motifs is 1. The Morgan fingerprint density at radius 3 is 2.38 bits per heavy atom. The van der Waals surface area contributed by atoms with Gasteiger partial charge in [0.25, 0.3) is 5.91 Å². The average molecular weight is 284 g/mol. The van der Waals surface area contributed by atoms with Crippen LogP contribution in [0.3, 0.4) is 0 Å². The Kier molecular flexibility index (Phi) is 3.25. The van der Waals surface area contributed by atoms with E-state index in [1.807, 2.05) is 24.3 Å². The van der Waals surface area contributed by atoms with Crippen LogP contribution in [0.1, 0.15) is 23.2 Å². The van der Waals surface area contributed by atoms with Gasteiger partial charge in [0.15, 0.2) is 0 Å². The molecule has 1 aliphatic rings. The number of nitrogens with one attached hydrogen (secondary N) is 1. The molecule has 1 fully saturated rings. The highest BCUT2D eigenvalue weighted by molar-refractivity contribution is 6.05. The van der Waals surface area contributed by atoms with Crippen molar-refractivity contribution < 1.29 is 14.7 Å². The van der Waals surface area contributed by atoms with E-state index in [9.17, 15) is 14.7 Å². The predicted molar refractivity (Wildman–Crippen MR) is 80.0 cm³/mol.